The number of anilines is 2. The van der Waals surface area contributed by atoms with E-state index in [-0.39, 0.29) is 12.1 Å². The van der Waals surface area contributed by atoms with Crippen LogP contribution in [-0.4, -0.2) is 14.5 Å². The fraction of sp³-hybridized carbons (Fsp3) is 0.100. The van der Waals surface area contributed by atoms with Gasteiger partial charge in [0.2, 0.25) is 11.5 Å². The number of H-pyrrole nitrogens is 1. The Kier molecular flexibility index (Phi) is 4.60. The van der Waals surface area contributed by atoms with Crippen LogP contribution in [0.4, 0.5) is 20.4 Å². The molecule has 0 aliphatic heterocycles. The quantitative estimate of drug-likeness (QED) is 0.547. The summed E-state index contributed by atoms with van der Waals surface area (Å²) in [5.74, 6) is -1.49. The fourth-order valence-corrected chi connectivity index (χ4v) is 3.36. The van der Waals surface area contributed by atoms with Crippen LogP contribution < -0.4 is 10.5 Å². The number of benzene rings is 2. The van der Waals surface area contributed by atoms with Crippen molar-refractivity contribution in [1.29, 1.82) is 0 Å². The summed E-state index contributed by atoms with van der Waals surface area (Å²) in [5, 5.41) is 0.959. The number of imidazole rings is 1. The lowest BCUT2D eigenvalue weighted by Crippen LogP contribution is -2.21. The number of aromatic amines is 1. The Morgan fingerprint density at radius 1 is 1.21 bits per heavy atom. The van der Waals surface area contributed by atoms with Gasteiger partial charge in [0.25, 0.3) is 0 Å². The molecule has 0 aliphatic rings. The molecule has 0 atom stereocenters. The number of aromatic nitrogens is 3. The molecule has 0 amide bonds. The topological polar surface area (TPSA) is 53.9 Å². The predicted molar refractivity (Wildman–Crippen MR) is 105 cm³/mol. The Bertz CT molecular complexity index is 1230. The molecule has 0 saturated heterocycles. The molecule has 0 bridgehead atoms. The Morgan fingerprint density at radius 2 is 2.04 bits per heavy atom. The molecule has 4 aromatic rings. The average molecular weight is 401 g/mol. The van der Waals surface area contributed by atoms with Crippen LogP contribution >= 0.6 is 11.6 Å². The summed E-state index contributed by atoms with van der Waals surface area (Å²) in [6.07, 6.45) is 3.44. The van der Waals surface area contributed by atoms with Crippen molar-refractivity contribution in [2.24, 2.45) is 7.05 Å². The molecule has 142 valence electrons. The smallest absolute Gasteiger partial charge is 0.248 e. The minimum atomic E-state index is -1.08. The maximum absolute atomic E-state index is 14.2. The van der Waals surface area contributed by atoms with Crippen LogP contribution in [0.2, 0.25) is 5.02 Å². The molecular weight excluding hydrogens is 386 g/mol. The maximum Gasteiger partial charge on any atom is 0.248 e. The lowest BCUT2D eigenvalue weighted by atomic mass is 10.1. The molecule has 8 heteroatoms. The van der Waals surface area contributed by atoms with E-state index in [1.54, 1.807) is 30.6 Å². The highest BCUT2D eigenvalue weighted by molar-refractivity contribution is 6.30. The first kappa shape index (κ1) is 18.2. The molecule has 1 N–H and O–H groups in total. The summed E-state index contributed by atoms with van der Waals surface area (Å²) in [5.41, 5.74) is 0.602. The highest BCUT2D eigenvalue weighted by atomic mass is 35.5. The summed E-state index contributed by atoms with van der Waals surface area (Å²) < 4.78 is 29.7. The van der Waals surface area contributed by atoms with Crippen LogP contribution in [0.15, 0.2) is 59.7 Å². The number of rotatable bonds is 4. The van der Waals surface area contributed by atoms with E-state index in [0.29, 0.717) is 21.9 Å². The van der Waals surface area contributed by atoms with Gasteiger partial charge in [-0.2, -0.15) is 0 Å². The first-order chi connectivity index (χ1) is 13.4. The van der Waals surface area contributed by atoms with Crippen LogP contribution in [0.3, 0.4) is 0 Å². The van der Waals surface area contributed by atoms with Crippen LogP contribution in [0.5, 0.6) is 0 Å². The van der Waals surface area contributed by atoms with E-state index in [1.807, 2.05) is 22.6 Å². The summed E-state index contributed by atoms with van der Waals surface area (Å²) in [7, 11) is 1.84. The molecule has 28 heavy (non-hydrogen) atoms. The lowest BCUT2D eigenvalue weighted by molar-refractivity contribution is 0.515. The van der Waals surface area contributed by atoms with Gasteiger partial charge in [0.1, 0.15) is 0 Å². The van der Waals surface area contributed by atoms with Gasteiger partial charge in [0.05, 0.1) is 12.1 Å². The van der Waals surface area contributed by atoms with Crippen molar-refractivity contribution in [3.05, 3.63) is 87.4 Å². The van der Waals surface area contributed by atoms with Gasteiger partial charge >= 0.3 is 0 Å². The predicted octanol–water partition coefficient (Wildman–Crippen LogP) is 4.53. The second kappa shape index (κ2) is 7.09. The van der Waals surface area contributed by atoms with Crippen molar-refractivity contribution in [2.45, 2.75) is 6.54 Å². The molecule has 0 radical (unpaired) electrons. The zero-order valence-electron chi connectivity index (χ0n) is 14.8. The summed E-state index contributed by atoms with van der Waals surface area (Å²) in [6, 6.07) is 11.1. The molecule has 0 saturated carbocycles. The molecule has 0 spiro atoms. The monoisotopic (exact) mass is 400 g/mol. The molecule has 0 aliphatic carbocycles. The highest BCUT2D eigenvalue weighted by Crippen LogP contribution is 2.30. The van der Waals surface area contributed by atoms with Crippen LogP contribution in [0.1, 0.15) is 5.56 Å². The van der Waals surface area contributed by atoms with Crippen LogP contribution in [0, 0.1) is 11.6 Å². The van der Waals surface area contributed by atoms with E-state index in [4.69, 9.17) is 11.6 Å². The largest absolute Gasteiger partial charge is 0.320 e. The van der Waals surface area contributed by atoms with Crippen molar-refractivity contribution >= 4 is 34.1 Å². The van der Waals surface area contributed by atoms with Gasteiger partial charge in [-0.1, -0.05) is 17.7 Å². The maximum atomic E-state index is 14.2. The second-order valence-electron chi connectivity index (χ2n) is 6.35. The zero-order valence-corrected chi connectivity index (χ0v) is 15.5. The van der Waals surface area contributed by atoms with E-state index in [0.717, 1.165) is 11.8 Å². The van der Waals surface area contributed by atoms with Gasteiger partial charge < -0.3 is 14.5 Å². The summed E-state index contributed by atoms with van der Waals surface area (Å²) in [6.45, 7) is 0.205. The zero-order chi connectivity index (χ0) is 19.8. The third-order valence-corrected chi connectivity index (χ3v) is 4.71. The van der Waals surface area contributed by atoms with E-state index in [1.165, 1.54) is 12.1 Å². The lowest BCUT2D eigenvalue weighted by Gasteiger charge is -2.25. The normalized spacial score (nSPS) is 11.1. The first-order valence-corrected chi connectivity index (χ1v) is 8.82. The number of halogens is 3. The second-order valence-corrected chi connectivity index (χ2v) is 6.78. The average Bonchev–Trinajstić information content (AvgIpc) is 3.08. The van der Waals surface area contributed by atoms with E-state index in [2.05, 4.69) is 9.97 Å². The summed E-state index contributed by atoms with van der Waals surface area (Å²) >= 11 is 6.15. The van der Waals surface area contributed by atoms with Crippen LogP contribution in [-0.2, 0) is 13.6 Å². The van der Waals surface area contributed by atoms with Gasteiger partial charge in [-0.3, -0.25) is 4.79 Å². The van der Waals surface area contributed by atoms with Crippen molar-refractivity contribution < 1.29 is 8.78 Å². The Labute approximate surface area is 163 Å². The van der Waals surface area contributed by atoms with Crippen molar-refractivity contribution in [3.8, 4) is 0 Å². The minimum Gasteiger partial charge on any atom is -0.320 e. The van der Waals surface area contributed by atoms with Gasteiger partial charge in [-0.05, 0) is 35.9 Å². The van der Waals surface area contributed by atoms with Crippen molar-refractivity contribution in [1.82, 2.24) is 14.5 Å². The number of pyridine rings is 1. The standard InChI is InChI=1S/C20H15ClF2N4O/c1-26-8-7-24-20(26)27(14-4-2-3-13(21)10-14)11-12-9-17(28)25-19-15(12)5-6-16(22)18(19)23/h2-10H,11H2,1H3,(H,25,28). The molecule has 2 aromatic carbocycles. The van der Waals surface area contributed by atoms with E-state index in [9.17, 15) is 13.6 Å². The van der Waals surface area contributed by atoms with Crippen LogP contribution in [0.25, 0.3) is 10.9 Å². The van der Waals surface area contributed by atoms with Crippen molar-refractivity contribution in [2.75, 3.05) is 4.90 Å². The SMILES string of the molecule is Cn1ccnc1N(Cc1cc(=O)[nH]c2c(F)c(F)ccc12)c1cccc(Cl)c1. The number of nitrogens with zero attached hydrogens (tertiary/aromatic N) is 3. The van der Waals surface area contributed by atoms with Gasteiger partial charge in [-0.25, -0.2) is 13.8 Å². The third kappa shape index (κ3) is 3.25. The minimum absolute atomic E-state index is 0.159. The number of hydrogen-bond acceptors (Lipinski definition) is 3. The Balaban J connectivity index is 1.90. The number of fused-ring (bicyclic) bond motifs is 1. The fourth-order valence-electron chi connectivity index (χ4n) is 3.18. The number of aryl methyl sites for hydroxylation is 1. The first-order valence-electron chi connectivity index (χ1n) is 8.44. The van der Waals surface area contributed by atoms with E-state index < -0.39 is 17.2 Å². The molecule has 2 heterocycles. The molecule has 4 rings (SSSR count). The number of nitrogens with one attached hydrogen (secondary N) is 1. The Hall–Kier alpha value is -3.19. The molecule has 0 unspecified atom stereocenters. The molecule has 0 fully saturated rings. The Morgan fingerprint density at radius 3 is 2.75 bits per heavy atom. The highest BCUT2D eigenvalue weighted by Gasteiger charge is 2.18. The van der Waals surface area contributed by atoms with Gasteiger partial charge in [-0.15, -0.1) is 0 Å². The summed E-state index contributed by atoms with van der Waals surface area (Å²) in [4.78, 5) is 20.7. The van der Waals surface area contributed by atoms with Crippen molar-refractivity contribution in [3.63, 3.8) is 0 Å². The van der Waals surface area contributed by atoms with Gasteiger partial charge in [0, 0.05) is 41.6 Å². The molecule has 5 nitrogen and oxygen atoms in total. The molecule has 2 aromatic heterocycles. The number of hydrogen-bond donors (Lipinski definition) is 1. The van der Waals surface area contributed by atoms with Gasteiger partial charge in [0.15, 0.2) is 11.6 Å². The van der Waals surface area contributed by atoms with E-state index >= 15 is 0 Å². The third-order valence-electron chi connectivity index (χ3n) is 4.48. The molecular formula is C20H15ClF2N4O.